The van der Waals surface area contributed by atoms with Crippen LogP contribution in [0, 0.1) is 10.1 Å². The lowest BCUT2D eigenvalue weighted by molar-refractivity contribution is -0.384. The van der Waals surface area contributed by atoms with Gasteiger partial charge in [-0.25, -0.2) is 13.1 Å². The molecule has 0 heterocycles. The maximum Gasteiger partial charge on any atom is 0.306 e. The Bertz CT molecular complexity index is 631. The minimum absolute atomic E-state index is 0.147. The minimum Gasteiger partial charge on any atom is -0.469 e. The number of hydrogen-bond acceptors (Lipinski definition) is 6. The summed E-state index contributed by atoms with van der Waals surface area (Å²) in [7, 11) is -2.78. The van der Waals surface area contributed by atoms with Crippen molar-refractivity contribution in [1.29, 1.82) is 0 Å². The first kappa shape index (κ1) is 16.3. The molecule has 1 rings (SSSR count). The van der Waals surface area contributed by atoms with Crippen LogP contribution < -0.4 is 4.72 Å². The number of rotatable bonds is 6. The van der Waals surface area contributed by atoms with E-state index in [1.165, 1.54) is 7.11 Å². The summed E-state index contributed by atoms with van der Waals surface area (Å²) >= 11 is 5.59. The first-order chi connectivity index (χ1) is 9.27. The molecule has 10 heteroatoms. The molecule has 0 aliphatic heterocycles. The van der Waals surface area contributed by atoms with Crippen LogP contribution in [0.2, 0.25) is 5.02 Å². The lowest BCUT2D eigenvalue weighted by Crippen LogP contribution is -2.26. The van der Waals surface area contributed by atoms with Crippen molar-refractivity contribution in [2.24, 2.45) is 0 Å². The van der Waals surface area contributed by atoms with Crippen molar-refractivity contribution in [3.05, 3.63) is 33.3 Å². The topological polar surface area (TPSA) is 116 Å². The van der Waals surface area contributed by atoms with Crippen molar-refractivity contribution < 1.29 is 22.9 Å². The summed E-state index contributed by atoms with van der Waals surface area (Å²) in [5.74, 6) is -0.574. The molecule has 0 unspecified atom stereocenters. The highest BCUT2D eigenvalue weighted by Gasteiger charge is 2.20. The lowest BCUT2D eigenvalue weighted by Gasteiger charge is -2.06. The van der Waals surface area contributed by atoms with Crippen molar-refractivity contribution in [3.63, 3.8) is 0 Å². The van der Waals surface area contributed by atoms with Gasteiger partial charge in [0.05, 0.1) is 23.3 Å². The average Bonchev–Trinajstić information content (AvgIpc) is 2.38. The minimum atomic E-state index is -3.96. The number of nitro groups is 1. The summed E-state index contributed by atoms with van der Waals surface area (Å²) in [6.45, 7) is -0.175. The number of ether oxygens (including phenoxy) is 1. The van der Waals surface area contributed by atoms with Gasteiger partial charge in [-0.15, -0.1) is 0 Å². The van der Waals surface area contributed by atoms with Gasteiger partial charge < -0.3 is 4.74 Å². The van der Waals surface area contributed by atoms with Crippen molar-refractivity contribution in [2.45, 2.75) is 11.3 Å². The number of halogens is 1. The van der Waals surface area contributed by atoms with Crippen molar-refractivity contribution in [3.8, 4) is 0 Å². The zero-order chi connectivity index (χ0) is 15.3. The van der Waals surface area contributed by atoms with Crippen LogP contribution in [-0.2, 0) is 19.6 Å². The van der Waals surface area contributed by atoms with Gasteiger partial charge in [0.2, 0.25) is 10.0 Å². The molecular formula is C10H11ClN2O6S. The highest BCUT2D eigenvalue weighted by molar-refractivity contribution is 7.89. The molecule has 0 saturated heterocycles. The second kappa shape index (κ2) is 6.64. The SMILES string of the molecule is COC(=O)CCNS(=O)(=O)c1ccc(Cl)c([N+](=O)[O-])c1. The van der Waals surface area contributed by atoms with Gasteiger partial charge in [0.1, 0.15) is 5.02 Å². The van der Waals surface area contributed by atoms with Crippen LogP contribution in [-0.4, -0.2) is 33.0 Å². The molecule has 0 amide bonds. The molecule has 1 aromatic rings. The normalized spacial score (nSPS) is 11.1. The molecule has 0 bridgehead atoms. The molecule has 0 radical (unpaired) electrons. The summed E-state index contributed by atoms with van der Waals surface area (Å²) in [4.78, 5) is 20.5. The molecule has 0 atom stereocenters. The number of hydrogen-bond donors (Lipinski definition) is 1. The summed E-state index contributed by atoms with van der Waals surface area (Å²) in [6, 6.07) is 3.10. The highest BCUT2D eigenvalue weighted by Crippen LogP contribution is 2.26. The van der Waals surface area contributed by atoms with Crippen LogP contribution in [0.5, 0.6) is 0 Å². The highest BCUT2D eigenvalue weighted by atomic mass is 35.5. The van der Waals surface area contributed by atoms with Gasteiger partial charge in [-0.2, -0.15) is 0 Å². The fraction of sp³-hybridized carbons (Fsp3) is 0.300. The third-order valence-electron chi connectivity index (χ3n) is 2.27. The summed E-state index contributed by atoms with van der Waals surface area (Å²) in [5, 5.41) is 10.5. The van der Waals surface area contributed by atoms with Crippen LogP contribution in [0.15, 0.2) is 23.1 Å². The standard InChI is InChI=1S/C10H11ClN2O6S/c1-19-10(14)4-5-12-20(17,18)7-2-3-8(11)9(6-7)13(15)16/h2-3,6,12H,4-5H2,1H3. The number of nitrogens with one attached hydrogen (secondary N) is 1. The Morgan fingerprint density at radius 2 is 2.15 bits per heavy atom. The Labute approximate surface area is 119 Å². The van der Waals surface area contributed by atoms with Gasteiger partial charge in [-0.05, 0) is 12.1 Å². The van der Waals surface area contributed by atoms with Crippen LogP contribution in [0.25, 0.3) is 0 Å². The number of carbonyl (C=O) groups is 1. The van der Waals surface area contributed by atoms with Gasteiger partial charge in [-0.3, -0.25) is 14.9 Å². The Kier molecular flexibility index (Phi) is 5.43. The third kappa shape index (κ3) is 4.15. The number of nitrogens with zero attached hydrogens (tertiary/aromatic N) is 1. The molecule has 20 heavy (non-hydrogen) atoms. The predicted molar refractivity (Wildman–Crippen MR) is 69.9 cm³/mol. The summed E-state index contributed by atoms with van der Waals surface area (Å²) < 4.78 is 30.2. The predicted octanol–water partition coefficient (Wildman–Crippen LogP) is 1.09. The maximum atomic E-state index is 11.9. The fourth-order valence-electron chi connectivity index (χ4n) is 1.27. The number of esters is 1. The van der Waals surface area contributed by atoms with E-state index in [0.717, 1.165) is 18.2 Å². The van der Waals surface area contributed by atoms with Crippen LogP contribution in [0.3, 0.4) is 0 Å². The summed E-state index contributed by atoms with van der Waals surface area (Å²) in [5.41, 5.74) is -0.512. The maximum absolute atomic E-state index is 11.9. The van der Waals surface area contributed by atoms with E-state index in [9.17, 15) is 23.3 Å². The van der Waals surface area contributed by atoms with E-state index in [2.05, 4.69) is 9.46 Å². The lowest BCUT2D eigenvalue weighted by atomic mass is 10.3. The molecule has 1 N–H and O–H groups in total. The molecule has 0 aliphatic rings. The monoisotopic (exact) mass is 322 g/mol. The molecular weight excluding hydrogens is 312 g/mol. The van der Waals surface area contributed by atoms with E-state index in [1.807, 2.05) is 0 Å². The van der Waals surface area contributed by atoms with Gasteiger partial charge in [-0.1, -0.05) is 11.6 Å². The smallest absolute Gasteiger partial charge is 0.306 e. The van der Waals surface area contributed by atoms with Crippen LogP contribution in [0.4, 0.5) is 5.69 Å². The molecule has 0 saturated carbocycles. The Morgan fingerprint density at radius 1 is 1.50 bits per heavy atom. The Hall–Kier alpha value is -1.71. The van der Waals surface area contributed by atoms with Gasteiger partial charge in [0, 0.05) is 12.6 Å². The zero-order valence-corrected chi connectivity index (χ0v) is 11.9. The zero-order valence-electron chi connectivity index (χ0n) is 10.3. The van der Waals surface area contributed by atoms with Crippen LogP contribution in [0.1, 0.15) is 6.42 Å². The molecule has 110 valence electrons. The first-order valence-electron chi connectivity index (χ1n) is 5.28. The van der Waals surface area contributed by atoms with E-state index in [0.29, 0.717) is 0 Å². The number of carbonyl (C=O) groups excluding carboxylic acids is 1. The third-order valence-corrected chi connectivity index (χ3v) is 4.05. The number of sulfonamides is 1. The summed E-state index contributed by atoms with van der Waals surface area (Å²) in [6.07, 6.45) is -0.147. The molecule has 0 aromatic heterocycles. The number of methoxy groups -OCH3 is 1. The Balaban J connectivity index is 2.90. The number of nitro benzene ring substituents is 1. The van der Waals surface area contributed by atoms with Gasteiger partial charge in [0.15, 0.2) is 0 Å². The molecule has 8 nitrogen and oxygen atoms in total. The van der Waals surface area contributed by atoms with Crippen molar-refractivity contribution in [1.82, 2.24) is 4.72 Å². The van der Waals surface area contributed by atoms with E-state index in [1.54, 1.807) is 0 Å². The van der Waals surface area contributed by atoms with Crippen molar-refractivity contribution in [2.75, 3.05) is 13.7 Å². The first-order valence-corrected chi connectivity index (χ1v) is 7.14. The molecule has 1 aromatic carbocycles. The van der Waals surface area contributed by atoms with E-state index in [4.69, 9.17) is 11.6 Å². The quantitative estimate of drug-likeness (QED) is 0.476. The average molecular weight is 323 g/mol. The van der Waals surface area contributed by atoms with E-state index in [-0.39, 0.29) is 22.9 Å². The van der Waals surface area contributed by atoms with Gasteiger partial charge >= 0.3 is 5.97 Å². The molecule has 0 spiro atoms. The van der Waals surface area contributed by atoms with E-state index >= 15 is 0 Å². The van der Waals surface area contributed by atoms with E-state index < -0.39 is 26.6 Å². The molecule has 0 aliphatic carbocycles. The second-order valence-electron chi connectivity index (χ2n) is 3.59. The molecule has 0 fully saturated rings. The second-order valence-corrected chi connectivity index (χ2v) is 5.77. The largest absolute Gasteiger partial charge is 0.469 e. The number of benzene rings is 1. The van der Waals surface area contributed by atoms with Crippen LogP contribution >= 0.6 is 11.6 Å². The van der Waals surface area contributed by atoms with Gasteiger partial charge in [0.25, 0.3) is 5.69 Å². The Morgan fingerprint density at radius 3 is 2.70 bits per heavy atom. The van der Waals surface area contributed by atoms with Crippen molar-refractivity contribution >= 4 is 33.3 Å². The fourth-order valence-corrected chi connectivity index (χ4v) is 2.51.